The Bertz CT molecular complexity index is 501. The van der Waals surface area contributed by atoms with Gasteiger partial charge in [-0.3, -0.25) is 4.79 Å². The fourth-order valence-electron chi connectivity index (χ4n) is 2.74. The van der Waals surface area contributed by atoms with E-state index < -0.39 is 11.4 Å². The summed E-state index contributed by atoms with van der Waals surface area (Å²) in [6, 6.07) is 0. The quantitative estimate of drug-likeness (QED) is 0.929. The SMILES string of the molecule is COc1c(C)c(C)c(C2(C(=O)O)CC2)c(C)c1Br. The van der Waals surface area contributed by atoms with Crippen LogP contribution in [0.5, 0.6) is 5.75 Å². The van der Waals surface area contributed by atoms with Crippen LogP contribution in [0, 0.1) is 20.8 Å². The molecular weight excluding hydrogens is 296 g/mol. The summed E-state index contributed by atoms with van der Waals surface area (Å²) in [5.74, 6) is 0.0834. The van der Waals surface area contributed by atoms with Crippen LogP contribution in [0.2, 0.25) is 0 Å². The van der Waals surface area contributed by atoms with Gasteiger partial charge in [-0.1, -0.05) is 0 Å². The number of hydrogen-bond donors (Lipinski definition) is 1. The van der Waals surface area contributed by atoms with E-state index in [-0.39, 0.29) is 0 Å². The van der Waals surface area contributed by atoms with Gasteiger partial charge in [-0.2, -0.15) is 0 Å². The molecule has 2 rings (SSSR count). The summed E-state index contributed by atoms with van der Waals surface area (Å²) in [5, 5.41) is 9.47. The molecule has 3 nitrogen and oxygen atoms in total. The predicted octanol–water partition coefficient (Wildman–Crippen LogP) is 3.50. The summed E-state index contributed by atoms with van der Waals surface area (Å²) in [6.45, 7) is 5.91. The third-order valence-electron chi connectivity index (χ3n) is 4.02. The monoisotopic (exact) mass is 312 g/mol. The lowest BCUT2D eigenvalue weighted by Gasteiger charge is -2.22. The zero-order valence-electron chi connectivity index (χ0n) is 11.1. The van der Waals surface area contributed by atoms with Gasteiger partial charge in [0.15, 0.2) is 0 Å². The van der Waals surface area contributed by atoms with Gasteiger partial charge in [0.25, 0.3) is 0 Å². The van der Waals surface area contributed by atoms with Crippen LogP contribution in [0.1, 0.15) is 35.1 Å². The number of aliphatic carboxylic acids is 1. The van der Waals surface area contributed by atoms with Crippen molar-refractivity contribution in [2.24, 2.45) is 0 Å². The molecule has 1 aromatic carbocycles. The summed E-state index contributed by atoms with van der Waals surface area (Å²) in [7, 11) is 1.63. The van der Waals surface area contributed by atoms with Gasteiger partial charge < -0.3 is 9.84 Å². The second-order valence-corrected chi connectivity index (χ2v) is 5.78. The molecular formula is C14H17BrO3. The Hall–Kier alpha value is -1.03. The van der Waals surface area contributed by atoms with Crippen LogP contribution >= 0.6 is 15.9 Å². The van der Waals surface area contributed by atoms with Crippen LogP contribution in [0.4, 0.5) is 0 Å². The molecule has 0 heterocycles. The molecule has 1 fully saturated rings. The van der Waals surface area contributed by atoms with E-state index in [1.54, 1.807) is 7.11 Å². The third-order valence-corrected chi connectivity index (χ3v) is 4.98. The first-order chi connectivity index (χ1) is 8.36. The van der Waals surface area contributed by atoms with Crippen molar-refractivity contribution in [1.29, 1.82) is 0 Å². The van der Waals surface area contributed by atoms with Crippen molar-refractivity contribution < 1.29 is 14.6 Å². The van der Waals surface area contributed by atoms with Crippen molar-refractivity contribution in [2.75, 3.05) is 7.11 Å². The van der Waals surface area contributed by atoms with Crippen LogP contribution < -0.4 is 4.74 Å². The molecule has 18 heavy (non-hydrogen) atoms. The summed E-state index contributed by atoms with van der Waals surface area (Å²) < 4.78 is 6.26. The molecule has 0 unspecified atom stereocenters. The van der Waals surface area contributed by atoms with E-state index in [1.807, 2.05) is 20.8 Å². The highest BCUT2D eigenvalue weighted by atomic mass is 79.9. The molecule has 1 aliphatic carbocycles. The Kier molecular flexibility index (Phi) is 3.18. The summed E-state index contributed by atoms with van der Waals surface area (Å²) in [5.41, 5.74) is 3.31. The van der Waals surface area contributed by atoms with Gasteiger partial charge in [-0.05, 0) is 71.8 Å². The van der Waals surface area contributed by atoms with Gasteiger partial charge in [0.1, 0.15) is 5.75 Å². The fraction of sp³-hybridized carbons (Fsp3) is 0.500. The molecule has 0 amide bonds. The minimum Gasteiger partial charge on any atom is -0.495 e. The van der Waals surface area contributed by atoms with E-state index in [0.29, 0.717) is 0 Å². The zero-order chi connectivity index (χ0) is 13.7. The average Bonchev–Trinajstić information content (AvgIpc) is 3.09. The van der Waals surface area contributed by atoms with E-state index in [1.165, 1.54) is 0 Å². The largest absolute Gasteiger partial charge is 0.495 e. The lowest BCUT2D eigenvalue weighted by molar-refractivity contribution is -0.140. The maximum Gasteiger partial charge on any atom is 0.314 e. The van der Waals surface area contributed by atoms with Crippen LogP contribution in [0.15, 0.2) is 4.47 Å². The molecule has 0 aliphatic heterocycles. The van der Waals surface area contributed by atoms with Crippen molar-refractivity contribution >= 4 is 21.9 Å². The normalized spacial score (nSPS) is 16.5. The average molecular weight is 313 g/mol. The highest BCUT2D eigenvalue weighted by Gasteiger charge is 2.53. The van der Waals surface area contributed by atoms with E-state index in [2.05, 4.69) is 15.9 Å². The summed E-state index contributed by atoms with van der Waals surface area (Å²) in [4.78, 5) is 11.5. The highest BCUT2D eigenvalue weighted by Crippen LogP contribution is 2.53. The molecule has 1 aromatic rings. The standard InChI is InChI=1S/C14H17BrO3/c1-7-8(2)12(18-4)11(15)9(3)10(7)14(5-6-14)13(16)17/h5-6H2,1-4H3,(H,16,17). The number of carbonyl (C=O) groups is 1. The van der Waals surface area contributed by atoms with Crippen molar-refractivity contribution in [3.05, 3.63) is 26.7 Å². The second-order valence-electron chi connectivity index (χ2n) is 4.98. The number of methoxy groups -OCH3 is 1. The van der Waals surface area contributed by atoms with Crippen molar-refractivity contribution in [2.45, 2.75) is 39.0 Å². The smallest absolute Gasteiger partial charge is 0.314 e. The van der Waals surface area contributed by atoms with Gasteiger partial charge in [0.05, 0.1) is 17.0 Å². The third kappa shape index (κ3) is 1.66. The number of carboxylic acids is 1. The molecule has 0 atom stereocenters. The van der Waals surface area contributed by atoms with Gasteiger partial charge in [-0.15, -0.1) is 0 Å². The molecule has 98 valence electrons. The maximum atomic E-state index is 11.5. The first kappa shape index (κ1) is 13.4. The topological polar surface area (TPSA) is 46.5 Å². The maximum absolute atomic E-state index is 11.5. The number of carboxylic acid groups (broad SMARTS) is 1. The van der Waals surface area contributed by atoms with E-state index >= 15 is 0 Å². The number of halogens is 1. The number of hydrogen-bond acceptors (Lipinski definition) is 2. The van der Waals surface area contributed by atoms with Crippen LogP contribution in [0.3, 0.4) is 0 Å². The highest BCUT2D eigenvalue weighted by molar-refractivity contribution is 9.10. The van der Waals surface area contributed by atoms with Gasteiger partial charge in [0, 0.05) is 0 Å². The molecule has 4 heteroatoms. The van der Waals surface area contributed by atoms with E-state index in [9.17, 15) is 9.90 Å². The van der Waals surface area contributed by atoms with Crippen LogP contribution in [-0.4, -0.2) is 18.2 Å². The molecule has 1 saturated carbocycles. The van der Waals surface area contributed by atoms with Gasteiger partial charge in [0.2, 0.25) is 0 Å². The molecule has 0 aromatic heterocycles. The Morgan fingerprint density at radius 3 is 2.17 bits per heavy atom. The molecule has 1 N–H and O–H groups in total. The Morgan fingerprint density at radius 2 is 1.78 bits per heavy atom. The Morgan fingerprint density at radius 1 is 1.22 bits per heavy atom. The Labute approximate surface area is 115 Å². The van der Waals surface area contributed by atoms with Crippen molar-refractivity contribution in [3.8, 4) is 5.75 Å². The molecule has 0 radical (unpaired) electrons. The summed E-state index contributed by atoms with van der Waals surface area (Å²) in [6.07, 6.45) is 1.45. The molecule has 0 bridgehead atoms. The second kappa shape index (κ2) is 4.26. The minimum atomic E-state index is -0.717. The summed E-state index contributed by atoms with van der Waals surface area (Å²) >= 11 is 3.53. The molecule has 0 saturated heterocycles. The van der Waals surface area contributed by atoms with E-state index in [0.717, 1.165) is 45.3 Å². The first-order valence-electron chi connectivity index (χ1n) is 5.94. The van der Waals surface area contributed by atoms with Gasteiger partial charge >= 0.3 is 5.97 Å². The number of ether oxygens (including phenoxy) is 1. The fourth-order valence-corrected chi connectivity index (χ4v) is 3.40. The van der Waals surface area contributed by atoms with Crippen molar-refractivity contribution in [3.63, 3.8) is 0 Å². The van der Waals surface area contributed by atoms with Crippen LogP contribution in [-0.2, 0) is 10.2 Å². The van der Waals surface area contributed by atoms with E-state index in [4.69, 9.17) is 4.74 Å². The van der Waals surface area contributed by atoms with Crippen LogP contribution in [0.25, 0.3) is 0 Å². The molecule has 1 aliphatic rings. The zero-order valence-corrected chi connectivity index (χ0v) is 12.6. The first-order valence-corrected chi connectivity index (χ1v) is 6.73. The molecule has 0 spiro atoms. The lowest BCUT2D eigenvalue weighted by atomic mass is 9.85. The Balaban J connectivity index is 2.74. The minimum absolute atomic E-state index is 0.673. The predicted molar refractivity (Wildman–Crippen MR) is 73.5 cm³/mol. The number of benzene rings is 1. The number of rotatable bonds is 3. The van der Waals surface area contributed by atoms with Crippen molar-refractivity contribution in [1.82, 2.24) is 0 Å². The van der Waals surface area contributed by atoms with Gasteiger partial charge in [-0.25, -0.2) is 0 Å². The lowest BCUT2D eigenvalue weighted by Crippen LogP contribution is -2.23.